The molecule has 1 saturated carbocycles. The summed E-state index contributed by atoms with van der Waals surface area (Å²) in [5.41, 5.74) is 7.29. The Morgan fingerprint density at radius 3 is 2.67 bits per heavy atom. The van der Waals surface area contributed by atoms with Crippen LogP contribution in [0.4, 0.5) is 0 Å². The molecule has 1 aliphatic rings. The zero-order valence-corrected chi connectivity index (χ0v) is 12.0. The average Bonchev–Trinajstić information content (AvgIpc) is 2.38. The molecule has 2 nitrogen and oxygen atoms in total. The van der Waals surface area contributed by atoms with E-state index in [2.05, 4.69) is 0 Å². The SMILES string of the molecule is N=C(N)c1ccc(CSC2CCCCC2)c(Cl)c1. The molecule has 0 aromatic heterocycles. The predicted molar refractivity (Wildman–Crippen MR) is 80.6 cm³/mol. The number of thioether (sulfide) groups is 1. The summed E-state index contributed by atoms with van der Waals surface area (Å²) in [7, 11) is 0. The fourth-order valence-electron chi connectivity index (χ4n) is 2.27. The van der Waals surface area contributed by atoms with E-state index in [1.54, 1.807) is 6.07 Å². The lowest BCUT2D eigenvalue weighted by molar-refractivity contribution is 0.516. The van der Waals surface area contributed by atoms with Crippen molar-refractivity contribution in [3.63, 3.8) is 0 Å². The van der Waals surface area contributed by atoms with Crippen molar-refractivity contribution in [2.45, 2.75) is 43.1 Å². The van der Waals surface area contributed by atoms with Gasteiger partial charge in [-0.15, -0.1) is 0 Å². The molecule has 1 aromatic carbocycles. The van der Waals surface area contributed by atoms with Gasteiger partial charge in [0.2, 0.25) is 0 Å². The van der Waals surface area contributed by atoms with Gasteiger partial charge in [0.25, 0.3) is 0 Å². The van der Waals surface area contributed by atoms with Crippen LogP contribution in [0.25, 0.3) is 0 Å². The highest BCUT2D eigenvalue weighted by Crippen LogP contribution is 2.32. The molecule has 0 saturated heterocycles. The highest BCUT2D eigenvalue weighted by Gasteiger charge is 2.14. The monoisotopic (exact) mass is 282 g/mol. The third-order valence-corrected chi connectivity index (χ3v) is 5.16. The normalized spacial score (nSPS) is 16.7. The van der Waals surface area contributed by atoms with Crippen LogP contribution in [0, 0.1) is 5.41 Å². The molecule has 0 aliphatic heterocycles. The Hall–Kier alpha value is -0.670. The topological polar surface area (TPSA) is 49.9 Å². The van der Waals surface area contributed by atoms with Gasteiger partial charge in [-0.25, -0.2) is 0 Å². The van der Waals surface area contributed by atoms with Crippen molar-refractivity contribution in [1.29, 1.82) is 5.41 Å². The molecule has 4 heteroatoms. The van der Waals surface area contributed by atoms with Gasteiger partial charge < -0.3 is 5.73 Å². The fourth-order valence-corrected chi connectivity index (χ4v) is 3.93. The van der Waals surface area contributed by atoms with E-state index < -0.39 is 0 Å². The predicted octanol–water partition coefficient (Wildman–Crippen LogP) is 4.19. The third kappa shape index (κ3) is 3.66. The number of hydrogen-bond donors (Lipinski definition) is 2. The molecular weight excluding hydrogens is 264 g/mol. The summed E-state index contributed by atoms with van der Waals surface area (Å²) in [5.74, 6) is 1.03. The van der Waals surface area contributed by atoms with Crippen molar-refractivity contribution in [3.05, 3.63) is 34.3 Å². The fraction of sp³-hybridized carbons (Fsp3) is 0.500. The van der Waals surface area contributed by atoms with E-state index in [9.17, 15) is 0 Å². The van der Waals surface area contributed by atoms with Crippen molar-refractivity contribution in [1.82, 2.24) is 0 Å². The summed E-state index contributed by atoms with van der Waals surface area (Å²) >= 11 is 8.24. The van der Waals surface area contributed by atoms with Crippen molar-refractivity contribution in [3.8, 4) is 0 Å². The number of benzene rings is 1. The minimum absolute atomic E-state index is 0.0726. The van der Waals surface area contributed by atoms with Crippen LogP contribution in [-0.4, -0.2) is 11.1 Å². The van der Waals surface area contributed by atoms with Gasteiger partial charge in [0.1, 0.15) is 5.84 Å². The highest BCUT2D eigenvalue weighted by atomic mass is 35.5. The van der Waals surface area contributed by atoms with E-state index >= 15 is 0 Å². The van der Waals surface area contributed by atoms with E-state index in [-0.39, 0.29) is 5.84 Å². The quantitative estimate of drug-likeness (QED) is 0.643. The number of amidine groups is 1. The highest BCUT2D eigenvalue weighted by molar-refractivity contribution is 7.99. The van der Waals surface area contributed by atoms with Gasteiger partial charge in [-0.3, -0.25) is 5.41 Å². The van der Waals surface area contributed by atoms with Crippen molar-refractivity contribution in [2.75, 3.05) is 0 Å². The Bertz CT molecular complexity index is 428. The molecule has 3 N–H and O–H groups in total. The molecule has 0 spiro atoms. The van der Waals surface area contributed by atoms with Gasteiger partial charge in [0.15, 0.2) is 0 Å². The van der Waals surface area contributed by atoms with Gasteiger partial charge in [0.05, 0.1) is 0 Å². The van der Waals surface area contributed by atoms with E-state index in [1.807, 2.05) is 23.9 Å². The lowest BCUT2D eigenvalue weighted by atomic mass is 10.0. The van der Waals surface area contributed by atoms with Gasteiger partial charge in [-0.1, -0.05) is 43.0 Å². The van der Waals surface area contributed by atoms with E-state index in [0.717, 1.165) is 21.6 Å². The molecule has 0 atom stereocenters. The second-order valence-electron chi connectivity index (χ2n) is 4.79. The Labute approximate surface area is 118 Å². The van der Waals surface area contributed by atoms with E-state index in [1.165, 1.54) is 32.1 Å². The number of nitrogens with two attached hydrogens (primary N) is 1. The number of hydrogen-bond acceptors (Lipinski definition) is 2. The summed E-state index contributed by atoms with van der Waals surface area (Å²) in [6.07, 6.45) is 6.82. The van der Waals surface area contributed by atoms with Gasteiger partial charge in [0, 0.05) is 21.6 Å². The van der Waals surface area contributed by atoms with E-state index in [0.29, 0.717) is 5.56 Å². The Balaban J connectivity index is 1.94. The standard InChI is InChI=1S/C14H19ClN2S/c15-13-8-10(14(16)17)6-7-11(13)9-18-12-4-2-1-3-5-12/h6-8,12H,1-5,9H2,(H3,16,17). The minimum Gasteiger partial charge on any atom is -0.384 e. The number of nitrogens with one attached hydrogen (secondary N) is 1. The lowest BCUT2D eigenvalue weighted by Gasteiger charge is -2.21. The molecule has 2 rings (SSSR count). The van der Waals surface area contributed by atoms with Crippen LogP contribution in [0.3, 0.4) is 0 Å². The zero-order valence-electron chi connectivity index (χ0n) is 10.4. The number of halogens is 1. The molecule has 98 valence electrons. The Morgan fingerprint density at radius 2 is 2.06 bits per heavy atom. The zero-order chi connectivity index (χ0) is 13.0. The summed E-state index contributed by atoms with van der Waals surface area (Å²) in [6, 6.07) is 5.67. The molecule has 1 fully saturated rings. The van der Waals surface area contributed by atoms with Crippen molar-refractivity contribution < 1.29 is 0 Å². The molecule has 0 bridgehead atoms. The third-order valence-electron chi connectivity index (χ3n) is 3.39. The van der Waals surface area contributed by atoms with Crippen LogP contribution in [-0.2, 0) is 5.75 Å². The van der Waals surface area contributed by atoms with Gasteiger partial charge in [-0.05, 0) is 24.5 Å². The first-order valence-electron chi connectivity index (χ1n) is 6.41. The number of nitrogen functional groups attached to an aromatic ring is 1. The summed E-state index contributed by atoms with van der Waals surface area (Å²) < 4.78 is 0. The number of rotatable bonds is 4. The summed E-state index contributed by atoms with van der Waals surface area (Å²) in [4.78, 5) is 0. The Morgan fingerprint density at radius 1 is 1.33 bits per heavy atom. The lowest BCUT2D eigenvalue weighted by Crippen LogP contribution is -2.11. The van der Waals surface area contributed by atoms with Crippen LogP contribution in [0.5, 0.6) is 0 Å². The minimum atomic E-state index is 0.0726. The first-order valence-corrected chi connectivity index (χ1v) is 7.84. The second kappa shape index (κ2) is 6.48. The first-order chi connectivity index (χ1) is 8.66. The molecule has 0 amide bonds. The molecule has 0 heterocycles. The van der Waals surface area contributed by atoms with Gasteiger partial charge >= 0.3 is 0 Å². The maximum atomic E-state index is 7.38. The largest absolute Gasteiger partial charge is 0.384 e. The second-order valence-corrected chi connectivity index (χ2v) is 6.49. The van der Waals surface area contributed by atoms with Crippen LogP contribution >= 0.6 is 23.4 Å². The van der Waals surface area contributed by atoms with Crippen molar-refractivity contribution in [2.24, 2.45) is 5.73 Å². The maximum absolute atomic E-state index is 7.38. The maximum Gasteiger partial charge on any atom is 0.122 e. The average molecular weight is 283 g/mol. The Kier molecular flexibility index (Phi) is 4.95. The van der Waals surface area contributed by atoms with Crippen LogP contribution in [0.2, 0.25) is 5.02 Å². The molecule has 0 unspecified atom stereocenters. The first kappa shape index (κ1) is 13.8. The van der Waals surface area contributed by atoms with Gasteiger partial charge in [-0.2, -0.15) is 11.8 Å². The smallest absolute Gasteiger partial charge is 0.122 e. The van der Waals surface area contributed by atoms with Crippen LogP contribution in [0.15, 0.2) is 18.2 Å². The molecule has 18 heavy (non-hydrogen) atoms. The van der Waals surface area contributed by atoms with E-state index in [4.69, 9.17) is 22.7 Å². The van der Waals surface area contributed by atoms with Crippen LogP contribution in [0.1, 0.15) is 43.2 Å². The van der Waals surface area contributed by atoms with Crippen molar-refractivity contribution >= 4 is 29.2 Å². The summed E-state index contributed by atoms with van der Waals surface area (Å²) in [6.45, 7) is 0. The van der Waals surface area contributed by atoms with Crippen LogP contribution < -0.4 is 5.73 Å². The molecular formula is C14H19ClN2S. The molecule has 1 aromatic rings. The molecule has 1 aliphatic carbocycles. The summed E-state index contributed by atoms with van der Waals surface area (Å²) in [5, 5.41) is 8.90. The molecule has 0 radical (unpaired) electrons.